The minimum atomic E-state index is -0.360. The fraction of sp³-hybridized carbons (Fsp3) is 0.310. The number of halogens is 1. The van der Waals surface area contributed by atoms with Crippen LogP contribution >= 0.6 is 22.9 Å². The molecule has 41 heavy (non-hydrogen) atoms. The van der Waals surface area contributed by atoms with E-state index in [2.05, 4.69) is 19.4 Å². The third kappa shape index (κ3) is 5.21. The van der Waals surface area contributed by atoms with Gasteiger partial charge in [0.1, 0.15) is 6.04 Å². The molecule has 1 amide bonds. The Kier molecular flexibility index (Phi) is 7.17. The number of para-hydroxylation sites is 1. The molecule has 1 aromatic carbocycles. The van der Waals surface area contributed by atoms with Crippen molar-refractivity contribution in [2.24, 2.45) is 0 Å². The van der Waals surface area contributed by atoms with Crippen LogP contribution in [-0.2, 0) is 22.5 Å². The van der Waals surface area contributed by atoms with Gasteiger partial charge in [0.15, 0.2) is 22.5 Å². The van der Waals surface area contributed by atoms with E-state index in [0.29, 0.717) is 25.3 Å². The van der Waals surface area contributed by atoms with Crippen molar-refractivity contribution in [3.05, 3.63) is 94.2 Å². The molecule has 2 aliphatic heterocycles. The molecule has 6 heterocycles. The van der Waals surface area contributed by atoms with E-state index in [1.807, 2.05) is 70.0 Å². The summed E-state index contributed by atoms with van der Waals surface area (Å²) in [4.78, 5) is 28.2. The number of pyridine rings is 1. The van der Waals surface area contributed by atoms with Gasteiger partial charge in [-0.2, -0.15) is 5.10 Å². The summed E-state index contributed by atoms with van der Waals surface area (Å²) < 4.78 is 15.3. The molecule has 2 aliphatic rings. The maximum Gasteiger partial charge on any atom is 0.261 e. The molecule has 0 N–H and O–H groups in total. The lowest BCUT2D eigenvalue weighted by Crippen LogP contribution is -2.43. The molecular weight excluding hydrogens is 562 g/mol. The number of fused-ring (bicyclic) bond motifs is 3. The molecule has 7 rings (SSSR count). The lowest BCUT2D eigenvalue weighted by molar-refractivity contribution is -0.135. The zero-order valence-electron chi connectivity index (χ0n) is 22.2. The summed E-state index contributed by atoms with van der Waals surface area (Å²) in [6.45, 7) is 4.23. The molecule has 1 unspecified atom stereocenters. The summed E-state index contributed by atoms with van der Waals surface area (Å²) in [5.74, 6) is 0.244. The zero-order chi connectivity index (χ0) is 27.8. The van der Waals surface area contributed by atoms with E-state index in [1.54, 1.807) is 17.4 Å². The number of nitrogens with zero attached hydrogens (tertiary/aromatic N) is 7. The predicted molar refractivity (Wildman–Crippen MR) is 155 cm³/mol. The number of ether oxygens (including phenoxy) is 2. The van der Waals surface area contributed by atoms with Crippen LogP contribution in [0.15, 0.2) is 66.4 Å². The molecule has 1 saturated heterocycles. The molecule has 12 heteroatoms. The number of rotatable bonds is 7. The number of carbonyl (C=O) groups is 1. The molecule has 1 atom stereocenters. The van der Waals surface area contributed by atoms with Gasteiger partial charge in [0.2, 0.25) is 0 Å². The Morgan fingerprint density at radius 2 is 1.95 bits per heavy atom. The Labute approximate surface area is 245 Å². The van der Waals surface area contributed by atoms with Crippen LogP contribution in [0.5, 0.6) is 5.75 Å². The first kappa shape index (κ1) is 26.1. The lowest BCUT2D eigenvalue weighted by atomic mass is 9.97. The van der Waals surface area contributed by atoms with Crippen molar-refractivity contribution in [2.75, 3.05) is 39.5 Å². The van der Waals surface area contributed by atoms with Crippen molar-refractivity contribution in [1.29, 1.82) is 0 Å². The number of benzene rings is 1. The molecule has 1 fully saturated rings. The average Bonchev–Trinajstić information content (AvgIpc) is 3.74. The summed E-state index contributed by atoms with van der Waals surface area (Å²) in [6.07, 6.45) is 6.48. The van der Waals surface area contributed by atoms with E-state index in [1.165, 1.54) is 0 Å². The van der Waals surface area contributed by atoms with E-state index in [4.69, 9.17) is 26.1 Å². The monoisotopic (exact) mass is 589 g/mol. The summed E-state index contributed by atoms with van der Waals surface area (Å²) in [5, 5.41) is 6.88. The van der Waals surface area contributed by atoms with Gasteiger partial charge in [0, 0.05) is 55.9 Å². The van der Waals surface area contributed by atoms with Gasteiger partial charge < -0.3 is 14.4 Å². The van der Waals surface area contributed by atoms with Crippen molar-refractivity contribution in [1.82, 2.24) is 33.9 Å². The van der Waals surface area contributed by atoms with E-state index in [-0.39, 0.29) is 23.7 Å². The molecule has 0 bridgehead atoms. The predicted octanol–water partition coefficient (Wildman–Crippen LogP) is 4.02. The van der Waals surface area contributed by atoms with Gasteiger partial charge >= 0.3 is 0 Å². The second-order valence-corrected chi connectivity index (χ2v) is 11.3. The van der Waals surface area contributed by atoms with Crippen molar-refractivity contribution in [3.63, 3.8) is 0 Å². The van der Waals surface area contributed by atoms with Crippen molar-refractivity contribution < 1.29 is 14.3 Å². The minimum absolute atomic E-state index is 0.147. The molecular formula is C29H28ClN7O3S. The Morgan fingerprint density at radius 3 is 2.78 bits per heavy atom. The first-order valence-corrected chi connectivity index (χ1v) is 14.8. The number of aromatic nitrogens is 5. The van der Waals surface area contributed by atoms with Crippen LogP contribution in [0.3, 0.4) is 0 Å². The van der Waals surface area contributed by atoms with Crippen LogP contribution in [0.25, 0.3) is 10.6 Å². The SMILES string of the molecule is O=C(COc1ccc(CN2CCOCC2)nc1Cl)N1CCc2nc3sccn3c2C1c1cnn(-c2ccccc2)c1. The number of amides is 1. The Morgan fingerprint density at radius 1 is 1.10 bits per heavy atom. The molecule has 4 aromatic heterocycles. The fourth-order valence-electron chi connectivity index (χ4n) is 5.50. The largest absolute Gasteiger partial charge is 0.481 e. The quantitative estimate of drug-likeness (QED) is 0.265. The maximum atomic E-state index is 13.7. The van der Waals surface area contributed by atoms with Gasteiger partial charge in [-0.3, -0.25) is 14.1 Å². The highest BCUT2D eigenvalue weighted by atomic mass is 35.5. The molecule has 0 spiro atoms. The van der Waals surface area contributed by atoms with Crippen LogP contribution in [0.4, 0.5) is 0 Å². The van der Waals surface area contributed by atoms with Gasteiger partial charge in [-0.05, 0) is 24.3 Å². The fourth-order valence-corrected chi connectivity index (χ4v) is 6.46. The topological polar surface area (TPSA) is 90.0 Å². The second-order valence-electron chi connectivity index (χ2n) is 10.1. The molecule has 5 aromatic rings. The third-order valence-electron chi connectivity index (χ3n) is 7.51. The van der Waals surface area contributed by atoms with E-state index in [9.17, 15) is 4.79 Å². The van der Waals surface area contributed by atoms with Crippen molar-refractivity contribution in [3.8, 4) is 11.4 Å². The standard InChI is InChI=1S/C29H28ClN7O3S/c30-28-24(7-6-21(32-28)18-34-10-13-39-14-11-34)40-19-25(38)35-9-8-23-27(36-12-15-41-29(36)33-23)26(35)20-16-31-37(17-20)22-4-2-1-3-5-22/h1-7,12,15-17,26H,8-11,13-14,18-19H2. The number of imidazole rings is 1. The normalized spacial score (nSPS) is 17.6. The van der Waals surface area contributed by atoms with Gasteiger partial charge in [-0.15, -0.1) is 11.3 Å². The highest BCUT2D eigenvalue weighted by molar-refractivity contribution is 7.15. The van der Waals surface area contributed by atoms with Crippen molar-refractivity contribution >= 4 is 33.8 Å². The van der Waals surface area contributed by atoms with E-state index >= 15 is 0 Å². The number of hydrogen-bond donors (Lipinski definition) is 0. The van der Waals surface area contributed by atoms with Crippen LogP contribution in [-0.4, -0.2) is 79.3 Å². The lowest BCUT2D eigenvalue weighted by Gasteiger charge is -2.35. The summed E-state index contributed by atoms with van der Waals surface area (Å²) in [5.41, 5.74) is 4.70. The number of carbonyl (C=O) groups excluding carboxylic acids is 1. The first-order chi connectivity index (χ1) is 20.1. The number of hydrogen-bond acceptors (Lipinski definition) is 8. The third-order valence-corrected chi connectivity index (χ3v) is 8.53. The van der Waals surface area contributed by atoms with Crippen LogP contribution < -0.4 is 4.74 Å². The molecule has 0 radical (unpaired) electrons. The smallest absolute Gasteiger partial charge is 0.261 e. The van der Waals surface area contributed by atoms with Gasteiger partial charge in [0.25, 0.3) is 5.91 Å². The average molecular weight is 590 g/mol. The minimum Gasteiger partial charge on any atom is -0.481 e. The molecule has 0 saturated carbocycles. The summed E-state index contributed by atoms with van der Waals surface area (Å²) in [7, 11) is 0. The van der Waals surface area contributed by atoms with E-state index < -0.39 is 0 Å². The molecule has 0 aliphatic carbocycles. The molecule has 10 nitrogen and oxygen atoms in total. The number of thiazole rings is 1. The van der Waals surface area contributed by atoms with Crippen molar-refractivity contribution in [2.45, 2.75) is 19.0 Å². The van der Waals surface area contributed by atoms with Crippen LogP contribution in [0.1, 0.15) is 28.7 Å². The van der Waals surface area contributed by atoms with Gasteiger partial charge in [-0.25, -0.2) is 14.6 Å². The highest BCUT2D eigenvalue weighted by Crippen LogP contribution is 2.37. The summed E-state index contributed by atoms with van der Waals surface area (Å²) >= 11 is 8.06. The van der Waals surface area contributed by atoms with Gasteiger partial charge in [-0.1, -0.05) is 29.8 Å². The van der Waals surface area contributed by atoms with E-state index in [0.717, 1.165) is 59.6 Å². The Bertz CT molecular complexity index is 1680. The van der Waals surface area contributed by atoms with Crippen LogP contribution in [0.2, 0.25) is 5.15 Å². The Hall–Kier alpha value is -3.77. The Balaban J connectivity index is 1.12. The van der Waals surface area contributed by atoms with Crippen LogP contribution in [0, 0.1) is 0 Å². The molecule has 210 valence electrons. The maximum absolute atomic E-state index is 13.7. The number of morpholine rings is 1. The highest BCUT2D eigenvalue weighted by Gasteiger charge is 2.37. The second kappa shape index (κ2) is 11.2. The first-order valence-electron chi connectivity index (χ1n) is 13.6. The zero-order valence-corrected chi connectivity index (χ0v) is 23.8. The van der Waals surface area contributed by atoms with Gasteiger partial charge in [0.05, 0.1) is 42.2 Å². The summed E-state index contributed by atoms with van der Waals surface area (Å²) in [6, 6.07) is 13.3.